The maximum absolute atomic E-state index is 14.1. The molecule has 0 aliphatic rings. The number of carbonyl (C=O) groups is 1. The normalized spacial score (nSPS) is 11.3. The maximum Gasteiger partial charge on any atom is 0.268 e. The maximum atomic E-state index is 14.1. The molecular formula is C23H17BrFN3OS. The zero-order chi connectivity index (χ0) is 21.3. The molecule has 4 aromatic rings. The Morgan fingerprint density at radius 1 is 1.17 bits per heavy atom. The fraction of sp³-hybridized carbons (Fsp3) is 0.0435. The molecule has 0 spiro atoms. The zero-order valence-electron chi connectivity index (χ0n) is 15.9. The second kappa shape index (κ2) is 8.38. The van der Waals surface area contributed by atoms with Crippen LogP contribution in [0.3, 0.4) is 0 Å². The van der Waals surface area contributed by atoms with Gasteiger partial charge in [-0.2, -0.15) is 0 Å². The van der Waals surface area contributed by atoms with Gasteiger partial charge in [0.25, 0.3) is 5.91 Å². The molecule has 0 bridgehead atoms. The van der Waals surface area contributed by atoms with Gasteiger partial charge in [0.1, 0.15) is 15.5 Å². The average molecular weight is 482 g/mol. The number of carbonyl (C=O) groups excluding carboxylic acids is 1. The fourth-order valence-electron chi connectivity index (χ4n) is 3.05. The quantitative estimate of drug-likeness (QED) is 0.339. The monoisotopic (exact) mass is 481 g/mol. The van der Waals surface area contributed by atoms with E-state index >= 15 is 0 Å². The molecular weight excluding hydrogens is 465 g/mol. The Morgan fingerprint density at radius 2 is 1.93 bits per heavy atom. The van der Waals surface area contributed by atoms with Gasteiger partial charge in [0.2, 0.25) is 0 Å². The van der Waals surface area contributed by atoms with Crippen molar-refractivity contribution in [3.05, 3.63) is 81.4 Å². The summed E-state index contributed by atoms with van der Waals surface area (Å²) in [6.45, 7) is 1.98. The number of thiophene rings is 1. The van der Waals surface area contributed by atoms with E-state index in [0.29, 0.717) is 25.3 Å². The van der Waals surface area contributed by atoms with Crippen molar-refractivity contribution >= 4 is 60.8 Å². The lowest BCUT2D eigenvalue weighted by atomic mass is 10.1. The fourth-order valence-corrected chi connectivity index (χ4v) is 4.38. The Labute approximate surface area is 185 Å². The number of fused-ring (bicyclic) bond motifs is 1. The number of rotatable bonds is 4. The number of amides is 1. The summed E-state index contributed by atoms with van der Waals surface area (Å²) in [7, 11) is 0. The highest BCUT2D eigenvalue weighted by atomic mass is 79.9. The van der Waals surface area contributed by atoms with Crippen LogP contribution in [0, 0.1) is 5.82 Å². The van der Waals surface area contributed by atoms with Gasteiger partial charge < -0.3 is 11.1 Å². The summed E-state index contributed by atoms with van der Waals surface area (Å²) in [4.78, 5) is 18.3. The van der Waals surface area contributed by atoms with Crippen LogP contribution in [0.25, 0.3) is 27.6 Å². The minimum Gasteiger partial charge on any atom is -0.397 e. The Balaban J connectivity index is 1.65. The molecule has 0 aliphatic heterocycles. The summed E-state index contributed by atoms with van der Waals surface area (Å²) < 4.78 is 14.7. The second-order valence-electron chi connectivity index (χ2n) is 6.59. The van der Waals surface area contributed by atoms with Crippen LogP contribution in [0.15, 0.2) is 65.1 Å². The first-order valence-electron chi connectivity index (χ1n) is 9.15. The van der Waals surface area contributed by atoms with Crippen LogP contribution in [-0.4, -0.2) is 10.9 Å². The predicted molar refractivity (Wildman–Crippen MR) is 126 cm³/mol. The lowest BCUT2D eigenvalue weighted by Gasteiger charge is -2.06. The number of nitrogens with two attached hydrogens (primary N) is 1. The van der Waals surface area contributed by atoms with Crippen LogP contribution in [0.2, 0.25) is 0 Å². The average Bonchev–Trinajstić information content (AvgIpc) is 3.07. The Bertz CT molecular complexity index is 1280. The van der Waals surface area contributed by atoms with Crippen molar-refractivity contribution in [3.8, 4) is 11.3 Å². The molecule has 4 rings (SSSR count). The third-order valence-corrected chi connectivity index (χ3v) is 6.15. The molecule has 0 aliphatic carbocycles. The summed E-state index contributed by atoms with van der Waals surface area (Å²) in [6.07, 6.45) is 4.01. The number of nitrogens with zero attached hydrogens (tertiary/aromatic N) is 1. The van der Waals surface area contributed by atoms with E-state index in [0.717, 1.165) is 16.8 Å². The Hall–Kier alpha value is -3.03. The lowest BCUT2D eigenvalue weighted by molar-refractivity contribution is 0.103. The van der Waals surface area contributed by atoms with Crippen LogP contribution in [0.1, 0.15) is 22.2 Å². The molecule has 0 fully saturated rings. The van der Waals surface area contributed by atoms with E-state index in [9.17, 15) is 9.18 Å². The van der Waals surface area contributed by atoms with Gasteiger partial charge in [-0.3, -0.25) is 4.79 Å². The minimum atomic E-state index is -0.529. The number of nitrogens with one attached hydrogen (secondary N) is 1. The zero-order valence-corrected chi connectivity index (χ0v) is 18.4. The largest absolute Gasteiger partial charge is 0.397 e. The van der Waals surface area contributed by atoms with Gasteiger partial charge in [-0.15, -0.1) is 11.3 Å². The summed E-state index contributed by atoms with van der Waals surface area (Å²) in [5.74, 6) is -0.992. The molecule has 7 heteroatoms. The van der Waals surface area contributed by atoms with Gasteiger partial charge in [-0.05, 0) is 42.8 Å². The number of halogens is 2. The SMILES string of the molecule is CC=Cc1ccc(-c2ccc3c(N)c(C(=O)Nc4ccc(Br)cc4F)sc3n2)cc1. The summed E-state index contributed by atoms with van der Waals surface area (Å²) >= 11 is 4.39. The first-order chi connectivity index (χ1) is 14.5. The number of benzene rings is 2. The van der Waals surface area contributed by atoms with Crippen LogP contribution >= 0.6 is 27.3 Å². The van der Waals surface area contributed by atoms with E-state index in [1.165, 1.54) is 23.5 Å². The molecule has 2 aromatic heterocycles. The van der Waals surface area contributed by atoms with Crippen LogP contribution in [0.4, 0.5) is 15.8 Å². The smallest absolute Gasteiger partial charge is 0.268 e. The van der Waals surface area contributed by atoms with E-state index < -0.39 is 11.7 Å². The summed E-state index contributed by atoms with van der Waals surface area (Å²) in [5, 5.41) is 3.29. The molecule has 0 saturated heterocycles. The molecule has 30 heavy (non-hydrogen) atoms. The minimum absolute atomic E-state index is 0.0925. The molecule has 1 amide bonds. The Morgan fingerprint density at radius 3 is 2.63 bits per heavy atom. The van der Waals surface area contributed by atoms with Gasteiger partial charge in [-0.25, -0.2) is 9.37 Å². The molecule has 0 atom stereocenters. The number of aromatic nitrogens is 1. The number of nitrogen functional groups attached to an aromatic ring is 1. The second-order valence-corrected chi connectivity index (χ2v) is 8.51. The highest BCUT2D eigenvalue weighted by molar-refractivity contribution is 9.10. The van der Waals surface area contributed by atoms with Crippen molar-refractivity contribution in [1.82, 2.24) is 4.98 Å². The molecule has 0 saturated carbocycles. The molecule has 0 unspecified atom stereocenters. The third-order valence-electron chi connectivity index (χ3n) is 4.54. The van der Waals surface area contributed by atoms with E-state index in [4.69, 9.17) is 5.73 Å². The highest BCUT2D eigenvalue weighted by Gasteiger charge is 2.19. The predicted octanol–water partition coefficient (Wildman–Crippen LogP) is 6.73. The topological polar surface area (TPSA) is 68.0 Å². The van der Waals surface area contributed by atoms with Gasteiger partial charge >= 0.3 is 0 Å². The number of allylic oxidation sites excluding steroid dienone is 1. The standard InChI is InChI=1S/C23H17BrFN3OS/c1-2-3-13-4-6-14(7-5-13)18-11-9-16-20(26)21(30-23(16)28-18)22(29)27-19-10-8-15(24)12-17(19)25/h2-12H,26H2,1H3,(H,27,29). The van der Waals surface area contributed by atoms with Crippen molar-refractivity contribution in [2.24, 2.45) is 0 Å². The van der Waals surface area contributed by atoms with E-state index in [-0.39, 0.29) is 5.69 Å². The van der Waals surface area contributed by atoms with Gasteiger partial charge in [0.15, 0.2) is 0 Å². The highest BCUT2D eigenvalue weighted by Crippen LogP contribution is 2.35. The Kier molecular flexibility index (Phi) is 5.65. The van der Waals surface area contributed by atoms with Crippen LogP contribution in [-0.2, 0) is 0 Å². The van der Waals surface area contributed by atoms with Gasteiger partial charge in [0, 0.05) is 15.4 Å². The molecule has 0 radical (unpaired) electrons. The number of anilines is 2. The lowest BCUT2D eigenvalue weighted by Crippen LogP contribution is -2.13. The number of hydrogen-bond acceptors (Lipinski definition) is 4. The number of hydrogen-bond donors (Lipinski definition) is 2. The van der Waals surface area contributed by atoms with Crippen molar-refractivity contribution in [2.45, 2.75) is 6.92 Å². The van der Waals surface area contributed by atoms with Crippen molar-refractivity contribution in [2.75, 3.05) is 11.1 Å². The van der Waals surface area contributed by atoms with Crippen molar-refractivity contribution in [1.29, 1.82) is 0 Å². The van der Waals surface area contributed by atoms with Gasteiger partial charge in [-0.1, -0.05) is 52.3 Å². The van der Waals surface area contributed by atoms with Crippen molar-refractivity contribution < 1.29 is 9.18 Å². The van der Waals surface area contributed by atoms with Crippen LogP contribution in [0.5, 0.6) is 0 Å². The molecule has 2 aromatic carbocycles. The summed E-state index contributed by atoms with van der Waals surface area (Å²) in [6, 6.07) is 16.2. The number of pyridine rings is 1. The first-order valence-corrected chi connectivity index (χ1v) is 10.8. The third kappa shape index (κ3) is 3.99. The van der Waals surface area contributed by atoms with E-state index in [2.05, 4.69) is 26.2 Å². The first kappa shape index (κ1) is 20.3. The van der Waals surface area contributed by atoms with Crippen molar-refractivity contribution in [3.63, 3.8) is 0 Å². The van der Waals surface area contributed by atoms with Crippen LogP contribution < -0.4 is 11.1 Å². The molecule has 3 N–H and O–H groups in total. The van der Waals surface area contributed by atoms with Gasteiger partial charge in [0.05, 0.1) is 17.1 Å². The molecule has 150 valence electrons. The molecule has 2 heterocycles. The summed E-state index contributed by atoms with van der Waals surface area (Å²) in [5.41, 5.74) is 9.51. The van der Waals surface area contributed by atoms with E-state index in [1.807, 2.05) is 55.5 Å². The molecule has 4 nitrogen and oxygen atoms in total. The van der Waals surface area contributed by atoms with E-state index in [1.54, 1.807) is 6.07 Å².